The third-order valence-corrected chi connectivity index (χ3v) is 5.78. The number of urea groups is 1. The van der Waals surface area contributed by atoms with E-state index in [0.29, 0.717) is 42.2 Å². The molecule has 0 radical (unpaired) electrons. The van der Waals surface area contributed by atoms with Crippen LogP contribution in [0.15, 0.2) is 29.5 Å². The van der Waals surface area contributed by atoms with Crippen LogP contribution in [0.3, 0.4) is 0 Å². The first-order valence-electron chi connectivity index (χ1n) is 10.9. The Bertz CT molecular complexity index is 931. The first kappa shape index (κ1) is 24.5. The van der Waals surface area contributed by atoms with Crippen LogP contribution in [0.2, 0.25) is 0 Å². The molecule has 0 aromatic heterocycles. The fraction of sp³-hybridized carbons (Fsp3) is 0.522. The zero-order valence-corrected chi connectivity index (χ0v) is 19.4. The summed E-state index contributed by atoms with van der Waals surface area (Å²) in [6.07, 6.45) is 1.47. The molecule has 0 spiro atoms. The fourth-order valence-electron chi connectivity index (χ4n) is 4.31. The topological polar surface area (TPSA) is 115 Å². The van der Waals surface area contributed by atoms with Crippen molar-refractivity contribution in [2.24, 2.45) is 0 Å². The van der Waals surface area contributed by atoms with E-state index < -0.39 is 24.1 Å². The van der Waals surface area contributed by atoms with Crippen molar-refractivity contribution in [3.8, 4) is 5.75 Å². The van der Waals surface area contributed by atoms with Crippen LogP contribution in [0.25, 0.3) is 0 Å². The van der Waals surface area contributed by atoms with Gasteiger partial charge in [-0.2, -0.15) is 0 Å². The van der Waals surface area contributed by atoms with Crippen molar-refractivity contribution < 1.29 is 33.3 Å². The normalized spacial score (nSPS) is 20.8. The molecule has 1 aromatic carbocycles. The number of amides is 2. The van der Waals surface area contributed by atoms with Crippen LogP contribution in [-0.2, 0) is 30.4 Å². The van der Waals surface area contributed by atoms with E-state index in [2.05, 4.69) is 10.6 Å². The molecule has 180 valence electrons. The molecule has 3 rings (SSSR count). The number of nitrogens with one attached hydrogen (secondary N) is 2. The Balaban J connectivity index is 2.03. The van der Waals surface area contributed by atoms with Crippen LogP contribution in [0.4, 0.5) is 4.79 Å². The van der Waals surface area contributed by atoms with Gasteiger partial charge in [0.1, 0.15) is 11.8 Å². The van der Waals surface area contributed by atoms with Gasteiger partial charge in [0.25, 0.3) is 0 Å². The van der Waals surface area contributed by atoms with Crippen molar-refractivity contribution in [1.82, 2.24) is 15.5 Å². The van der Waals surface area contributed by atoms with Crippen molar-refractivity contribution in [1.29, 1.82) is 0 Å². The molecule has 2 aliphatic heterocycles. The zero-order chi connectivity index (χ0) is 24.0. The van der Waals surface area contributed by atoms with Gasteiger partial charge >= 0.3 is 18.0 Å². The van der Waals surface area contributed by atoms with E-state index >= 15 is 0 Å². The number of rotatable bonds is 9. The molecule has 2 amide bonds. The van der Waals surface area contributed by atoms with Crippen LogP contribution < -0.4 is 15.4 Å². The van der Waals surface area contributed by atoms with Gasteiger partial charge in [0, 0.05) is 24.9 Å². The summed E-state index contributed by atoms with van der Waals surface area (Å²) in [5.74, 6) is -0.231. The minimum Gasteiger partial charge on any atom is -0.496 e. The summed E-state index contributed by atoms with van der Waals surface area (Å²) >= 11 is 0. The van der Waals surface area contributed by atoms with Crippen LogP contribution >= 0.6 is 0 Å². The van der Waals surface area contributed by atoms with E-state index in [0.717, 1.165) is 12.0 Å². The van der Waals surface area contributed by atoms with Crippen molar-refractivity contribution in [2.45, 2.75) is 38.5 Å². The highest BCUT2D eigenvalue weighted by molar-refractivity contribution is 5.95. The monoisotopic (exact) mass is 461 g/mol. The van der Waals surface area contributed by atoms with E-state index in [1.807, 2.05) is 11.0 Å². The summed E-state index contributed by atoms with van der Waals surface area (Å²) in [7, 11) is 4.50. The lowest BCUT2D eigenvalue weighted by Gasteiger charge is -2.32. The van der Waals surface area contributed by atoms with Crippen LogP contribution in [-0.4, -0.2) is 69.9 Å². The van der Waals surface area contributed by atoms with Crippen molar-refractivity contribution >= 4 is 18.0 Å². The zero-order valence-electron chi connectivity index (χ0n) is 19.4. The van der Waals surface area contributed by atoms with Crippen molar-refractivity contribution in [3.63, 3.8) is 0 Å². The Morgan fingerprint density at radius 2 is 2.00 bits per heavy atom. The predicted molar refractivity (Wildman–Crippen MR) is 118 cm³/mol. The first-order chi connectivity index (χ1) is 15.9. The maximum Gasteiger partial charge on any atom is 0.338 e. The second-order valence-corrected chi connectivity index (χ2v) is 7.80. The minimum atomic E-state index is -0.742. The number of methoxy groups -OCH3 is 3. The highest BCUT2D eigenvalue weighted by Crippen LogP contribution is 2.32. The number of carbonyl (C=O) groups excluding carboxylic acids is 3. The molecule has 0 unspecified atom stereocenters. The molecular formula is C23H31N3O7. The molecule has 1 saturated heterocycles. The van der Waals surface area contributed by atoms with Crippen molar-refractivity contribution in [2.75, 3.05) is 41.0 Å². The highest BCUT2D eigenvalue weighted by Gasteiger charge is 2.38. The molecule has 2 atom stereocenters. The number of ether oxygens (including phenoxy) is 4. The van der Waals surface area contributed by atoms with E-state index in [9.17, 15) is 14.4 Å². The average Bonchev–Trinajstić information content (AvgIpc) is 3.26. The van der Waals surface area contributed by atoms with Gasteiger partial charge in [-0.1, -0.05) is 6.07 Å². The standard InChI is InChI=1S/C23H31N3O7/c1-5-33-22(28)19-16(12-26-10-6-7-17(26)21(27)32-4)24-23(29)25-20(19)14-8-9-18(31-3)15(11-14)13-30-2/h8-9,11,17,20H,5-7,10,12-13H2,1-4H3,(H2,24,25,29)/t17-,20-/m1/s1. The van der Waals surface area contributed by atoms with Gasteiger partial charge in [-0.15, -0.1) is 0 Å². The van der Waals surface area contributed by atoms with Gasteiger partial charge in [0.05, 0.1) is 39.0 Å². The molecule has 2 N–H and O–H groups in total. The molecule has 10 nitrogen and oxygen atoms in total. The lowest BCUT2D eigenvalue weighted by atomic mass is 9.93. The number of nitrogens with zero attached hydrogens (tertiary/aromatic N) is 1. The lowest BCUT2D eigenvalue weighted by Crippen LogP contribution is -2.49. The Morgan fingerprint density at radius 3 is 2.67 bits per heavy atom. The predicted octanol–water partition coefficient (Wildman–Crippen LogP) is 1.65. The van der Waals surface area contributed by atoms with Gasteiger partial charge in [-0.05, 0) is 44.0 Å². The Kier molecular flexibility index (Phi) is 8.29. The van der Waals surface area contributed by atoms with Gasteiger partial charge in [-0.25, -0.2) is 9.59 Å². The largest absolute Gasteiger partial charge is 0.496 e. The maximum atomic E-state index is 13.0. The van der Waals surface area contributed by atoms with E-state index in [-0.39, 0.29) is 19.1 Å². The van der Waals surface area contributed by atoms with E-state index in [1.165, 1.54) is 7.11 Å². The first-order valence-corrected chi connectivity index (χ1v) is 10.9. The molecule has 1 aromatic rings. The number of likely N-dealkylation sites (tertiary alicyclic amines) is 1. The Morgan fingerprint density at radius 1 is 1.21 bits per heavy atom. The van der Waals surface area contributed by atoms with Gasteiger partial charge in [0.15, 0.2) is 0 Å². The van der Waals surface area contributed by atoms with Gasteiger partial charge < -0.3 is 29.6 Å². The average molecular weight is 462 g/mol. The molecule has 2 heterocycles. The maximum absolute atomic E-state index is 13.0. The summed E-state index contributed by atoms with van der Waals surface area (Å²) in [4.78, 5) is 39.8. The Labute approximate surface area is 193 Å². The summed E-state index contributed by atoms with van der Waals surface area (Å²) in [6.45, 7) is 3.06. The smallest absolute Gasteiger partial charge is 0.338 e. The second-order valence-electron chi connectivity index (χ2n) is 7.80. The molecule has 0 aliphatic carbocycles. The third-order valence-electron chi connectivity index (χ3n) is 5.78. The van der Waals surface area contributed by atoms with E-state index in [4.69, 9.17) is 18.9 Å². The highest BCUT2D eigenvalue weighted by atomic mass is 16.5. The molecule has 0 bridgehead atoms. The summed E-state index contributed by atoms with van der Waals surface area (Å²) in [6, 6.07) is 3.79. The van der Waals surface area contributed by atoms with Gasteiger partial charge in [-0.3, -0.25) is 9.69 Å². The van der Waals surface area contributed by atoms with E-state index in [1.54, 1.807) is 33.3 Å². The summed E-state index contributed by atoms with van der Waals surface area (Å²) in [5.41, 5.74) is 2.16. The molecule has 0 saturated carbocycles. The van der Waals surface area contributed by atoms with Crippen LogP contribution in [0.5, 0.6) is 5.75 Å². The number of esters is 2. The second kappa shape index (κ2) is 11.2. The SMILES string of the molecule is CCOC(=O)C1=C(CN2CCC[C@@H]2C(=O)OC)NC(=O)N[C@@H]1c1ccc(OC)c(COC)c1. The fourth-order valence-corrected chi connectivity index (χ4v) is 4.31. The molecule has 1 fully saturated rings. The molecule has 2 aliphatic rings. The molecule has 10 heteroatoms. The van der Waals surface area contributed by atoms with Crippen LogP contribution in [0.1, 0.15) is 36.9 Å². The quantitative estimate of drug-likeness (QED) is 0.534. The molecular weight excluding hydrogens is 430 g/mol. The summed E-state index contributed by atoms with van der Waals surface area (Å²) < 4.78 is 20.9. The van der Waals surface area contributed by atoms with Gasteiger partial charge in [0.2, 0.25) is 0 Å². The lowest BCUT2D eigenvalue weighted by molar-refractivity contribution is -0.145. The number of hydrogen-bond acceptors (Lipinski definition) is 8. The molecule has 33 heavy (non-hydrogen) atoms. The van der Waals surface area contributed by atoms with Crippen molar-refractivity contribution in [3.05, 3.63) is 40.6 Å². The minimum absolute atomic E-state index is 0.183. The summed E-state index contributed by atoms with van der Waals surface area (Å²) in [5, 5.41) is 5.59. The number of carbonyl (C=O) groups is 3. The third kappa shape index (κ3) is 5.45. The number of benzene rings is 1. The Hall–Kier alpha value is -3.11. The number of hydrogen-bond donors (Lipinski definition) is 2. The van der Waals surface area contributed by atoms with Crippen LogP contribution in [0, 0.1) is 0 Å².